The predicted molar refractivity (Wildman–Crippen MR) is 60.3 cm³/mol. The van der Waals surface area contributed by atoms with Crippen molar-refractivity contribution in [1.29, 1.82) is 0 Å². The van der Waals surface area contributed by atoms with E-state index < -0.39 is 0 Å². The molecule has 0 radical (unpaired) electrons. The van der Waals surface area contributed by atoms with Crippen molar-refractivity contribution < 1.29 is 9.47 Å². The summed E-state index contributed by atoms with van der Waals surface area (Å²) in [4.78, 5) is 3.70. The molecule has 0 atom stereocenters. The van der Waals surface area contributed by atoms with E-state index in [1.54, 1.807) is 18.2 Å². The Labute approximate surface area is 89.4 Å². The second kappa shape index (κ2) is 9.71. The molecule has 0 amide bonds. The van der Waals surface area contributed by atoms with E-state index in [0.717, 1.165) is 0 Å². The molecule has 0 aromatic heterocycles. The van der Waals surface area contributed by atoms with Crippen LogP contribution in [0, 0.1) is 0 Å². The molecule has 4 heteroatoms. The maximum atomic E-state index is 5.19. The van der Waals surface area contributed by atoms with E-state index in [9.17, 15) is 0 Å². The van der Waals surface area contributed by atoms with Gasteiger partial charge in [0.05, 0.1) is 11.7 Å². The second-order valence-electron chi connectivity index (χ2n) is 2.15. The first-order valence-electron chi connectivity index (χ1n) is 4.06. The smallest absolute Gasteiger partial charge is 0.277 e. The molecule has 0 aliphatic heterocycles. The van der Waals surface area contributed by atoms with Crippen molar-refractivity contribution in [3.8, 4) is 0 Å². The summed E-state index contributed by atoms with van der Waals surface area (Å²) in [6.07, 6.45) is 4.94. The van der Waals surface area contributed by atoms with E-state index in [2.05, 4.69) is 35.5 Å². The number of thiocarbonyl (C=S) groups is 1. The summed E-state index contributed by atoms with van der Waals surface area (Å²) in [6.45, 7) is 8.24. The molecule has 0 N–H and O–H groups in total. The minimum absolute atomic E-state index is 0.393. The Bertz CT molecular complexity index is 241. The summed E-state index contributed by atoms with van der Waals surface area (Å²) >= 11 is 4.42. The van der Waals surface area contributed by atoms with Crippen molar-refractivity contribution in [2.75, 3.05) is 19.8 Å². The van der Waals surface area contributed by atoms with Gasteiger partial charge in [0, 0.05) is 6.08 Å². The highest BCUT2D eigenvalue weighted by Gasteiger charge is 1.95. The highest BCUT2D eigenvalue weighted by molar-refractivity contribution is 7.78. The zero-order valence-corrected chi connectivity index (χ0v) is 8.76. The first-order chi connectivity index (χ1) is 6.85. The molecule has 0 heterocycles. The van der Waals surface area contributed by atoms with Gasteiger partial charge in [-0.25, -0.2) is 4.99 Å². The second-order valence-corrected chi connectivity index (χ2v) is 2.34. The first-order valence-corrected chi connectivity index (χ1v) is 4.47. The molecule has 0 aromatic rings. The molecule has 0 aliphatic carbocycles. The molecule has 0 aliphatic rings. The van der Waals surface area contributed by atoms with E-state index in [1.165, 1.54) is 0 Å². The Morgan fingerprint density at radius 1 is 1.29 bits per heavy atom. The zero-order valence-electron chi connectivity index (χ0n) is 7.94. The van der Waals surface area contributed by atoms with Gasteiger partial charge in [-0.1, -0.05) is 25.3 Å². The third-order valence-electron chi connectivity index (χ3n) is 1.10. The van der Waals surface area contributed by atoms with Gasteiger partial charge >= 0.3 is 0 Å². The van der Waals surface area contributed by atoms with Crippen LogP contribution in [0.4, 0.5) is 0 Å². The summed E-state index contributed by atoms with van der Waals surface area (Å²) in [5.41, 5.74) is 0. The molecule has 0 saturated carbocycles. The highest BCUT2D eigenvalue weighted by Crippen LogP contribution is 2.00. The van der Waals surface area contributed by atoms with Gasteiger partial charge < -0.3 is 9.47 Å². The Morgan fingerprint density at radius 2 is 1.86 bits per heavy atom. The molecule has 0 spiro atoms. The van der Waals surface area contributed by atoms with Crippen LogP contribution in [-0.2, 0) is 9.47 Å². The molecule has 0 rings (SSSR count). The summed E-state index contributed by atoms with van der Waals surface area (Å²) in [5, 5.41) is 2.25. The summed E-state index contributed by atoms with van der Waals surface area (Å²) in [6, 6.07) is 0. The van der Waals surface area contributed by atoms with Crippen LogP contribution < -0.4 is 0 Å². The average Bonchev–Trinajstić information content (AvgIpc) is 2.21. The van der Waals surface area contributed by atoms with Gasteiger partial charge in [-0.2, -0.15) is 0 Å². The van der Waals surface area contributed by atoms with Crippen LogP contribution in [0.2, 0.25) is 0 Å². The maximum Gasteiger partial charge on any atom is 0.277 e. The molecule has 0 saturated heterocycles. The van der Waals surface area contributed by atoms with Gasteiger partial charge in [0.25, 0.3) is 5.95 Å². The third kappa shape index (κ3) is 7.28. The Kier molecular flexibility index (Phi) is 8.75. The van der Waals surface area contributed by atoms with Gasteiger partial charge in [-0.3, -0.25) is 0 Å². The van der Waals surface area contributed by atoms with Gasteiger partial charge in [-0.05, 0) is 12.2 Å². The number of rotatable bonds is 8. The fraction of sp³-hybridized carbons (Fsp3) is 0.300. The fourth-order valence-corrected chi connectivity index (χ4v) is 0.674. The van der Waals surface area contributed by atoms with Gasteiger partial charge in [0.15, 0.2) is 0 Å². The standard InChI is InChI=1S/C10H13NO2S/c1-3-7-12-10(13-8-4-2)5-6-11-9-14/h3-5H,1-2,6-8H2. The average molecular weight is 211 g/mol. The highest BCUT2D eigenvalue weighted by atomic mass is 32.1. The van der Waals surface area contributed by atoms with Crippen LogP contribution in [0.5, 0.6) is 0 Å². The largest absolute Gasteiger partial charge is 0.461 e. The van der Waals surface area contributed by atoms with Crippen LogP contribution >= 0.6 is 12.2 Å². The molecule has 0 aromatic carbocycles. The minimum Gasteiger partial charge on any atom is -0.461 e. The normalized spacial score (nSPS) is 8.00. The lowest BCUT2D eigenvalue weighted by Gasteiger charge is -2.08. The minimum atomic E-state index is 0.393. The number of nitrogens with zero attached hydrogens (tertiary/aromatic N) is 1. The Morgan fingerprint density at radius 3 is 2.29 bits per heavy atom. The van der Waals surface area contributed by atoms with E-state index in [0.29, 0.717) is 25.7 Å². The van der Waals surface area contributed by atoms with Crippen LogP contribution in [-0.4, -0.2) is 24.9 Å². The van der Waals surface area contributed by atoms with Crippen molar-refractivity contribution in [3.05, 3.63) is 37.3 Å². The fourth-order valence-electron chi connectivity index (χ4n) is 0.599. The molecular weight excluding hydrogens is 198 g/mol. The lowest BCUT2D eigenvalue weighted by molar-refractivity contribution is 0.0596. The van der Waals surface area contributed by atoms with Gasteiger partial charge in [-0.15, -0.1) is 0 Å². The Balaban J connectivity index is 4.05. The monoisotopic (exact) mass is 211 g/mol. The summed E-state index contributed by atoms with van der Waals surface area (Å²) in [7, 11) is 0. The summed E-state index contributed by atoms with van der Waals surface area (Å²) < 4.78 is 10.4. The topological polar surface area (TPSA) is 30.8 Å². The predicted octanol–water partition coefficient (Wildman–Crippen LogP) is 2.34. The molecular formula is C10H13NO2S. The number of hydrogen-bond donors (Lipinski definition) is 0. The van der Waals surface area contributed by atoms with E-state index >= 15 is 0 Å². The summed E-state index contributed by atoms with van der Waals surface area (Å²) in [5.74, 6) is 0.402. The number of ether oxygens (including phenoxy) is 2. The molecule has 76 valence electrons. The van der Waals surface area contributed by atoms with Gasteiger partial charge in [0.1, 0.15) is 13.2 Å². The van der Waals surface area contributed by atoms with Crippen LogP contribution in [0.1, 0.15) is 0 Å². The van der Waals surface area contributed by atoms with Crippen LogP contribution in [0.3, 0.4) is 0 Å². The van der Waals surface area contributed by atoms with Crippen molar-refractivity contribution in [2.45, 2.75) is 0 Å². The third-order valence-corrected chi connectivity index (χ3v) is 1.23. The molecule has 0 bridgehead atoms. The van der Waals surface area contributed by atoms with E-state index in [4.69, 9.17) is 9.47 Å². The first kappa shape index (κ1) is 12.6. The SMILES string of the molecule is C=CCOC(=CCN=C=S)OCC=C. The van der Waals surface area contributed by atoms with E-state index in [-0.39, 0.29) is 0 Å². The van der Waals surface area contributed by atoms with Crippen molar-refractivity contribution >= 4 is 17.4 Å². The lowest BCUT2D eigenvalue weighted by Crippen LogP contribution is -1.99. The van der Waals surface area contributed by atoms with Crippen LogP contribution in [0.15, 0.2) is 42.3 Å². The Hall–Kier alpha value is -1.38. The molecule has 14 heavy (non-hydrogen) atoms. The zero-order chi connectivity index (χ0) is 10.6. The molecule has 0 unspecified atom stereocenters. The number of hydrogen-bond acceptors (Lipinski definition) is 4. The maximum absolute atomic E-state index is 5.19. The quantitative estimate of drug-likeness (QED) is 0.267. The van der Waals surface area contributed by atoms with Crippen LogP contribution in [0.25, 0.3) is 0 Å². The molecule has 0 fully saturated rings. The molecule has 3 nitrogen and oxygen atoms in total. The number of isothiocyanates is 1. The van der Waals surface area contributed by atoms with Crippen molar-refractivity contribution in [3.63, 3.8) is 0 Å². The van der Waals surface area contributed by atoms with Crippen molar-refractivity contribution in [2.24, 2.45) is 4.99 Å². The lowest BCUT2D eigenvalue weighted by atomic mass is 10.6. The van der Waals surface area contributed by atoms with E-state index in [1.807, 2.05) is 0 Å². The van der Waals surface area contributed by atoms with Crippen molar-refractivity contribution in [1.82, 2.24) is 0 Å². The number of aliphatic imine (C=N–C) groups is 1. The van der Waals surface area contributed by atoms with Gasteiger partial charge in [0.2, 0.25) is 0 Å².